The van der Waals surface area contributed by atoms with Crippen molar-refractivity contribution in [2.75, 3.05) is 13.2 Å². The number of carbonyl (C=O) groups excluding carboxylic acids is 1. The largest absolute Gasteiger partial charge is 0.438 e. The Morgan fingerprint density at radius 1 is 1.12 bits per heavy atom. The van der Waals surface area contributed by atoms with Crippen molar-refractivity contribution in [2.24, 2.45) is 0 Å². The van der Waals surface area contributed by atoms with Crippen molar-refractivity contribution < 1.29 is 19.0 Å². The molecule has 1 amide bonds. The van der Waals surface area contributed by atoms with E-state index in [1.165, 1.54) is 12.1 Å². The van der Waals surface area contributed by atoms with Crippen LogP contribution >= 0.6 is 0 Å². The quantitative estimate of drug-likeness (QED) is 0.574. The zero-order valence-corrected chi connectivity index (χ0v) is 17.9. The van der Waals surface area contributed by atoms with Crippen molar-refractivity contribution in [3.05, 3.63) is 83.9 Å². The third-order valence-corrected chi connectivity index (χ3v) is 6.07. The van der Waals surface area contributed by atoms with E-state index in [1.807, 2.05) is 31.2 Å². The summed E-state index contributed by atoms with van der Waals surface area (Å²) in [6.45, 7) is 2.46. The van der Waals surface area contributed by atoms with Crippen LogP contribution in [0.15, 0.2) is 67.0 Å². The minimum atomic E-state index is -0.863. The lowest BCUT2D eigenvalue weighted by Crippen LogP contribution is -2.48. The van der Waals surface area contributed by atoms with E-state index in [4.69, 9.17) is 4.74 Å². The van der Waals surface area contributed by atoms with Crippen LogP contribution in [0.5, 0.6) is 0 Å². The highest BCUT2D eigenvalue weighted by molar-refractivity contribution is 5.70. The lowest BCUT2D eigenvalue weighted by atomic mass is 9.84. The fourth-order valence-corrected chi connectivity index (χ4v) is 4.20. The molecule has 1 unspecified atom stereocenters. The molecule has 1 fully saturated rings. The number of ether oxygens (including phenoxy) is 1. The van der Waals surface area contributed by atoms with Crippen LogP contribution in [0.4, 0.5) is 9.18 Å². The maximum atomic E-state index is 13.4. The van der Waals surface area contributed by atoms with Crippen molar-refractivity contribution in [1.29, 1.82) is 0 Å². The Labute approximate surface area is 186 Å². The molecule has 7 heteroatoms. The Morgan fingerprint density at radius 3 is 2.44 bits per heavy atom. The Balaban J connectivity index is 1.51. The molecule has 1 aliphatic heterocycles. The fourth-order valence-electron chi connectivity index (χ4n) is 4.20. The van der Waals surface area contributed by atoms with E-state index in [-0.39, 0.29) is 18.5 Å². The lowest BCUT2D eigenvalue weighted by molar-refractivity contribution is -0.0680. The van der Waals surface area contributed by atoms with Gasteiger partial charge in [-0.3, -0.25) is 0 Å². The van der Waals surface area contributed by atoms with Gasteiger partial charge in [0.25, 0.3) is 0 Å². The molecule has 1 aliphatic rings. The first-order valence-electron chi connectivity index (χ1n) is 10.8. The van der Waals surface area contributed by atoms with Crippen LogP contribution in [0.2, 0.25) is 0 Å². The standard InChI is InChI=1S/C25H26FN3O3/c1-18(19-4-6-20(7-5-19)23-27-14-3-15-28-23)29-16-13-25(12-2-17-30,32-24(29)31)21-8-10-22(26)11-9-21/h3-11,14-15,18,30H,2,12-13,16-17H2,1H3/t18-,25?/m0/s1. The smallest absolute Gasteiger partial charge is 0.411 e. The highest BCUT2D eigenvalue weighted by Gasteiger charge is 2.43. The van der Waals surface area contributed by atoms with E-state index >= 15 is 0 Å². The van der Waals surface area contributed by atoms with Crippen molar-refractivity contribution >= 4 is 6.09 Å². The predicted octanol–water partition coefficient (Wildman–Crippen LogP) is 4.85. The molecule has 0 saturated carbocycles. The third kappa shape index (κ3) is 4.48. The van der Waals surface area contributed by atoms with Gasteiger partial charge in [0.15, 0.2) is 5.82 Å². The van der Waals surface area contributed by atoms with E-state index in [1.54, 1.807) is 35.5 Å². The SMILES string of the molecule is C[C@@H](c1ccc(-c2ncccn2)cc1)N1CCC(CCCO)(c2ccc(F)cc2)OC1=O. The lowest BCUT2D eigenvalue weighted by Gasteiger charge is -2.43. The van der Waals surface area contributed by atoms with Crippen molar-refractivity contribution in [1.82, 2.24) is 14.9 Å². The number of cyclic esters (lactones) is 1. The minimum absolute atomic E-state index is 0.00190. The van der Waals surface area contributed by atoms with Crippen LogP contribution in [0.25, 0.3) is 11.4 Å². The number of benzene rings is 2. The zero-order chi connectivity index (χ0) is 22.6. The average molecular weight is 435 g/mol. The molecule has 1 saturated heterocycles. The van der Waals surface area contributed by atoms with E-state index in [2.05, 4.69) is 9.97 Å². The molecule has 0 radical (unpaired) electrons. The number of rotatable bonds is 7. The molecule has 2 heterocycles. The molecule has 2 aromatic carbocycles. The molecule has 1 aromatic heterocycles. The summed E-state index contributed by atoms with van der Waals surface area (Å²) >= 11 is 0. The summed E-state index contributed by atoms with van der Waals surface area (Å²) in [6, 6.07) is 15.5. The monoisotopic (exact) mass is 435 g/mol. The van der Waals surface area contributed by atoms with Gasteiger partial charge < -0.3 is 14.7 Å². The Hall–Kier alpha value is -3.32. The topological polar surface area (TPSA) is 75.6 Å². The third-order valence-electron chi connectivity index (χ3n) is 6.07. The number of nitrogens with zero attached hydrogens (tertiary/aromatic N) is 3. The second kappa shape index (κ2) is 9.44. The minimum Gasteiger partial charge on any atom is -0.438 e. The summed E-state index contributed by atoms with van der Waals surface area (Å²) in [7, 11) is 0. The molecular weight excluding hydrogens is 409 g/mol. The van der Waals surface area contributed by atoms with Gasteiger partial charge in [-0.15, -0.1) is 0 Å². The van der Waals surface area contributed by atoms with E-state index < -0.39 is 11.7 Å². The van der Waals surface area contributed by atoms with Crippen LogP contribution in [0, 0.1) is 5.82 Å². The molecule has 3 aromatic rings. The first-order chi connectivity index (χ1) is 15.5. The van der Waals surface area contributed by atoms with Crippen LogP contribution in [-0.4, -0.2) is 39.2 Å². The van der Waals surface area contributed by atoms with Gasteiger partial charge >= 0.3 is 6.09 Å². The van der Waals surface area contributed by atoms with Gasteiger partial charge in [-0.1, -0.05) is 36.4 Å². The number of aliphatic hydroxyl groups is 1. The number of hydrogen-bond acceptors (Lipinski definition) is 5. The second-order valence-electron chi connectivity index (χ2n) is 8.01. The molecular formula is C25H26FN3O3. The zero-order valence-electron chi connectivity index (χ0n) is 17.9. The molecule has 32 heavy (non-hydrogen) atoms. The maximum Gasteiger partial charge on any atom is 0.411 e. The molecule has 1 N–H and O–H groups in total. The van der Waals surface area contributed by atoms with E-state index in [0.29, 0.717) is 31.6 Å². The van der Waals surface area contributed by atoms with Gasteiger partial charge in [-0.05, 0) is 49.1 Å². The highest BCUT2D eigenvalue weighted by atomic mass is 19.1. The first-order valence-corrected chi connectivity index (χ1v) is 10.8. The molecule has 2 atom stereocenters. The van der Waals surface area contributed by atoms with Gasteiger partial charge in [0, 0.05) is 37.5 Å². The van der Waals surface area contributed by atoms with Crippen molar-refractivity contribution in [3.8, 4) is 11.4 Å². The molecule has 0 aliphatic carbocycles. The predicted molar refractivity (Wildman–Crippen MR) is 118 cm³/mol. The number of halogens is 1. The summed E-state index contributed by atoms with van der Waals surface area (Å²) < 4.78 is 19.4. The maximum absolute atomic E-state index is 13.4. The highest BCUT2D eigenvalue weighted by Crippen LogP contribution is 2.40. The second-order valence-corrected chi connectivity index (χ2v) is 8.01. The van der Waals surface area contributed by atoms with E-state index in [0.717, 1.165) is 16.7 Å². The average Bonchev–Trinajstić information content (AvgIpc) is 2.83. The Morgan fingerprint density at radius 2 is 1.81 bits per heavy atom. The van der Waals surface area contributed by atoms with Gasteiger partial charge in [0.05, 0.1) is 6.04 Å². The van der Waals surface area contributed by atoms with Crippen LogP contribution in [0.1, 0.15) is 43.4 Å². The number of aliphatic hydroxyl groups excluding tert-OH is 1. The van der Waals surface area contributed by atoms with Crippen LogP contribution in [-0.2, 0) is 10.3 Å². The number of carbonyl (C=O) groups is 1. The number of aromatic nitrogens is 2. The van der Waals surface area contributed by atoms with Gasteiger partial charge in [0.1, 0.15) is 11.4 Å². The molecule has 166 valence electrons. The number of amides is 1. The Kier molecular flexibility index (Phi) is 6.46. The van der Waals surface area contributed by atoms with Crippen molar-refractivity contribution in [3.63, 3.8) is 0 Å². The molecule has 6 nitrogen and oxygen atoms in total. The summed E-state index contributed by atoms with van der Waals surface area (Å²) in [6.07, 6.45) is 4.52. The Bertz CT molecular complexity index is 1040. The molecule has 0 bridgehead atoms. The van der Waals surface area contributed by atoms with Gasteiger partial charge in [0.2, 0.25) is 0 Å². The molecule has 0 spiro atoms. The van der Waals surface area contributed by atoms with Gasteiger partial charge in [-0.25, -0.2) is 19.2 Å². The van der Waals surface area contributed by atoms with Crippen LogP contribution in [0.3, 0.4) is 0 Å². The van der Waals surface area contributed by atoms with E-state index in [9.17, 15) is 14.3 Å². The van der Waals surface area contributed by atoms with Gasteiger partial charge in [-0.2, -0.15) is 0 Å². The fraction of sp³-hybridized carbons (Fsp3) is 0.320. The molecule has 4 rings (SSSR count). The summed E-state index contributed by atoms with van der Waals surface area (Å²) in [5.41, 5.74) is 1.77. The van der Waals surface area contributed by atoms with Crippen LogP contribution < -0.4 is 0 Å². The first kappa shape index (κ1) is 21.9. The number of hydrogen-bond donors (Lipinski definition) is 1. The normalized spacial score (nSPS) is 19.5. The summed E-state index contributed by atoms with van der Waals surface area (Å²) in [5, 5.41) is 9.34. The summed E-state index contributed by atoms with van der Waals surface area (Å²) in [5.74, 6) is 0.310. The summed E-state index contributed by atoms with van der Waals surface area (Å²) in [4.78, 5) is 23.3. The van der Waals surface area contributed by atoms with Crippen molar-refractivity contribution in [2.45, 2.75) is 37.8 Å².